The molecule has 2 heterocycles. The van der Waals surface area contributed by atoms with Gasteiger partial charge in [0.15, 0.2) is 5.75 Å². The average Bonchev–Trinajstić information content (AvgIpc) is 2.73. The lowest BCUT2D eigenvalue weighted by Gasteiger charge is -2.04. The van der Waals surface area contributed by atoms with Crippen LogP contribution in [0.3, 0.4) is 0 Å². The van der Waals surface area contributed by atoms with Crippen molar-refractivity contribution in [1.82, 2.24) is 19.7 Å². The molecule has 0 unspecified atom stereocenters. The van der Waals surface area contributed by atoms with Gasteiger partial charge in [0.25, 0.3) is 0 Å². The number of hydrogen-bond donors (Lipinski definition) is 1. The fourth-order valence-corrected chi connectivity index (χ4v) is 1.26. The van der Waals surface area contributed by atoms with Crippen molar-refractivity contribution in [1.29, 1.82) is 0 Å². The standard InChI is InChI=1S/C9H10ClN5O/c1-2-15-4-6(3-14-15)16-9-7(10)8(11)12-5-13-9/h3-5H,2H2,1H3,(H2,11,12,13). The van der Waals surface area contributed by atoms with Gasteiger partial charge in [0, 0.05) is 6.54 Å². The maximum Gasteiger partial charge on any atom is 0.243 e. The number of aromatic nitrogens is 4. The van der Waals surface area contributed by atoms with Crippen molar-refractivity contribution in [3.8, 4) is 11.6 Å². The number of rotatable bonds is 3. The van der Waals surface area contributed by atoms with Gasteiger partial charge in [-0.3, -0.25) is 4.68 Å². The van der Waals surface area contributed by atoms with Crippen LogP contribution in [-0.2, 0) is 6.54 Å². The first-order valence-corrected chi connectivity index (χ1v) is 5.04. The summed E-state index contributed by atoms with van der Waals surface area (Å²) in [7, 11) is 0. The molecule has 0 spiro atoms. The fourth-order valence-electron chi connectivity index (χ4n) is 1.12. The summed E-state index contributed by atoms with van der Waals surface area (Å²) in [5.41, 5.74) is 5.52. The third kappa shape index (κ3) is 2.06. The van der Waals surface area contributed by atoms with Gasteiger partial charge in [-0.05, 0) is 6.92 Å². The second-order valence-electron chi connectivity index (χ2n) is 3.01. The molecule has 0 aromatic carbocycles. The molecule has 0 amide bonds. The van der Waals surface area contributed by atoms with Crippen LogP contribution in [0.5, 0.6) is 11.6 Å². The van der Waals surface area contributed by atoms with Gasteiger partial charge in [0.1, 0.15) is 17.2 Å². The Morgan fingerprint density at radius 1 is 1.50 bits per heavy atom. The van der Waals surface area contributed by atoms with Crippen molar-refractivity contribution in [2.75, 3.05) is 5.73 Å². The molecule has 16 heavy (non-hydrogen) atoms. The third-order valence-electron chi connectivity index (χ3n) is 1.93. The van der Waals surface area contributed by atoms with E-state index in [2.05, 4.69) is 15.1 Å². The summed E-state index contributed by atoms with van der Waals surface area (Å²) < 4.78 is 7.16. The summed E-state index contributed by atoms with van der Waals surface area (Å²) in [6, 6.07) is 0. The molecule has 0 aliphatic rings. The van der Waals surface area contributed by atoms with Crippen LogP contribution < -0.4 is 10.5 Å². The number of halogens is 1. The van der Waals surface area contributed by atoms with E-state index in [1.54, 1.807) is 17.1 Å². The predicted octanol–water partition coefficient (Wildman–Crippen LogP) is 1.72. The van der Waals surface area contributed by atoms with E-state index in [-0.39, 0.29) is 16.7 Å². The molecular weight excluding hydrogens is 230 g/mol. The zero-order chi connectivity index (χ0) is 11.5. The van der Waals surface area contributed by atoms with E-state index in [0.29, 0.717) is 5.75 Å². The molecule has 0 bridgehead atoms. The molecule has 0 atom stereocenters. The second kappa shape index (κ2) is 4.36. The van der Waals surface area contributed by atoms with Crippen molar-refractivity contribution in [3.05, 3.63) is 23.7 Å². The number of aryl methyl sites for hydroxylation is 1. The Morgan fingerprint density at radius 3 is 3.00 bits per heavy atom. The molecule has 0 saturated carbocycles. The third-order valence-corrected chi connectivity index (χ3v) is 2.29. The van der Waals surface area contributed by atoms with Gasteiger partial charge in [-0.15, -0.1) is 0 Å². The molecule has 0 aliphatic carbocycles. The Hall–Kier alpha value is -1.82. The number of ether oxygens (including phenoxy) is 1. The van der Waals surface area contributed by atoms with Gasteiger partial charge >= 0.3 is 0 Å². The SMILES string of the molecule is CCn1cc(Oc2ncnc(N)c2Cl)cn1. The van der Waals surface area contributed by atoms with Crippen LogP contribution in [0, 0.1) is 0 Å². The normalized spacial score (nSPS) is 10.4. The molecule has 2 aromatic heterocycles. The zero-order valence-corrected chi connectivity index (χ0v) is 9.35. The van der Waals surface area contributed by atoms with Crippen molar-refractivity contribution >= 4 is 17.4 Å². The van der Waals surface area contributed by atoms with E-state index in [0.717, 1.165) is 6.54 Å². The van der Waals surface area contributed by atoms with E-state index < -0.39 is 0 Å². The molecule has 2 rings (SSSR count). The Bertz CT molecular complexity index is 498. The monoisotopic (exact) mass is 239 g/mol. The number of nitrogens with two attached hydrogens (primary N) is 1. The highest BCUT2D eigenvalue weighted by Crippen LogP contribution is 2.29. The summed E-state index contributed by atoms with van der Waals surface area (Å²) in [6.07, 6.45) is 4.62. The van der Waals surface area contributed by atoms with Gasteiger partial charge in [-0.1, -0.05) is 11.6 Å². The Labute approximate surface area is 97.0 Å². The molecular formula is C9H10ClN5O. The summed E-state index contributed by atoms with van der Waals surface area (Å²) in [4.78, 5) is 7.62. The quantitative estimate of drug-likeness (QED) is 0.882. The van der Waals surface area contributed by atoms with E-state index >= 15 is 0 Å². The largest absolute Gasteiger partial charge is 0.434 e. The topological polar surface area (TPSA) is 78.8 Å². The first-order valence-electron chi connectivity index (χ1n) is 4.67. The molecule has 0 radical (unpaired) electrons. The maximum absolute atomic E-state index is 5.88. The molecule has 0 saturated heterocycles. The molecule has 2 N–H and O–H groups in total. The lowest BCUT2D eigenvalue weighted by Crippen LogP contribution is -1.96. The van der Waals surface area contributed by atoms with Crippen molar-refractivity contribution in [2.24, 2.45) is 0 Å². The number of hydrogen-bond acceptors (Lipinski definition) is 5. The van der Waals surface area contributed by atoms with Gasteiger partial charge in [-0.2, -0.15) is 10.1 Å². The molecule has 84 valence electrons. The minimum absolute atomic E-state index is 0.189. The lowest BCUT2D eigenvalue weighted by atomic mass is 10.5. The second-order valence-corrected chi connectivity index (χ2v) is 3.39. The molecule has 0 aliphatic heterocycles. The van der Waals surface area contributed by atoms with Gasteiger partial charge in [0.05, 0.1) is 12.4 Å². The van der Waals surface area contributed by atoms with Crippen LogP contribution >= 0.6 is 11.6 Å². The van der Waals surface area contributed by atoms with Crippen molar-refractivity contribution in [2.45, 2.75) is 13.5 Å². The molecule has 7 heteroatoms. The van der Waals surface area contributed by atoms with Gasteiger partial charge < -0.3 is 10.5 Å². The smallest absolute Gasteiger partial charge is 0.243 e. The molecule has 2 aromatic rings. The van der Waals surface area contributed by atoms with E-state index in [9.17, 15) is 0 Å². The Balaban J connectivity index is 2.23. The highest BCUT2D eigenvalue weighted by atomic mass is 35.5. The van der Waals surface area contributed by atoms with Crippen molar-refractivity contribution < 1.29 is 4.74 Å². The van der Waals surface area contributed by atoms with E-state index in [1.165, 1.54) is 6.33 Å². The number of nitrogen functional groups attached to an aromatic ring is 1. The lowest BCUT2D eigenvalue weighted by molar-refractivity contribution is 0.461. The number of anilines is 1. The van der Waals surface area contributed by atoms with Gasteiger partial charge in [0.2, 0.25) is 5.88 Å². The van der Waals surface area contributed by atoms with Crippen LogP contribution in [0.25, 0.3) is 0 Å². The minimum atomic E-state index is 0.189. The highest BCUT2D eigenvalue weighted by molar-refractivity contribution is 6.34. The number of nitrogens with zero attached hydrogens (tertiary/aromatic N) is 4. The zero-order valence-electron chi connectivity index (χ0n) is 8.59. The average molecular weight is 240 g/mol. The molecule has 0 fully saturated rings. The van der Waals surface area contributed by atoms with Crippen LogP contribution in [0.1, 0.15) is 6.92 Å². The summed E-state index contributed by atoms with van der Waals surface area (Å²) in [5.74, 6) is 0.973. The summed E-state index contributed by atoms with van der Waals surface area (Å²) >= 11 is 5.88. The minimum Gasteiger partial charge on any atom is -0.434 e. The Morgan fingerprint density at radius 2 is 2.31 bits per heavy atom. The predicted molar refractivity (Wildman–Crippen MR) is 59.4 cm³/mol. The first kappa shape index (κ1) is 10.7. The van der Waals surface area contributed by atoms with Crippen molar-refractivity contribution in [3.63, 3.8) is 0 Å². The van der Waals surface area contributed by atoms with Crippen LogP contribution in [0.2, 0.25) is 5.02 Å². The van der Waals surface area contributed by atoms with Crippen LogP contribution in [0.4, 0.5) is 5.82 Å². The van der Waals surface area contributed by atoms with E-state index in [1.807, 2.05) is 6.92 Å². The summed E-state index contributed by atoms with van der Waals surface area (Å²) in [6.45, 7) is 2.75. The Kier molecular flexibility index (Phi) is 2.91. The first-order chi connectivity index (χ1) is 7.70. The van der Waals surface area contributed by atoms with E-state index in [4.69, 9.17) is 22.1 Å². The van der Waals surface area contributed by atoms with Crippen LogP contribution in [0.15, 0.2) is 18.7 Å². The van der Waals surface area contributed by atoms with Crippen LogP contribution in [-0.4, -0.2) is 19.7 Å². The van der Waals surface area contributed by atoms with Gasteiger partial charge in [-0.25, -0.2) is 4.98 Å². The molecule has 6 nitrogen and oxygen atoms in total. The maximum atomic E-state index is 5.88. The highest BCUT2D eigenvalue weighted by Gasteiger charge is 2.09. The fraction of sp³-hybridized carbons (Fsp3) is 0.222. The summed E-state index contributed by atoms with van der Waals surface area (Å²) in [5, 5.41) is 4.26.